The van der Waals surface area contributed by atoms with Gasteiger partial charge in [0.2, 0.25) is 0 Å². The van der Waals surface area contributed by atoms with Crippen molar-refractivity contribution in [2.24, 2.45) is 0 Å². The predicted octanol–water partition coefficient (Wildman–Crippen LogP) is 2.59. The molecule has 0 aromatic heterocycles. The van der Waals surface area contributed by atoms with Crippen molar-refractivity contribution in [3.63, 3.8) is 0 Å². The minimum absolute atomic E-state index is 0.0436. The van der Waals surface area contributed by atoms with E-state index in [0.717, 1.165) is 11.3 Å². The highest BCUT2D eigenvalue weighted by Crippen LogP contribution is 2.14. The van der Waals surface area contributed by atoms with Gasteiger partial charge in [-0.25, -0.2) is 0 Å². The molecule has 0 fully saturated rings. The second-order valence-corrected chi connectivity index (χ2v) is 5.00. The smallest absolute Gasteiger partial charge is 0.258 e. The lowest BCUT2D eigenvalue weighted by Gasteiger charge is -2.09. The summed E-state index contributed by atoms with van der Waals surface area (Å²) >= 11 is 0. The minimum atomic E-state index is -0.235. The minimum Gasteiger partial charge on any atom is -0.497 e. The van der Waals surface area contributed by atoms with Crippen LogP contribution in [0.5, 0.6) is 11.5 Å². The van der Waals surface area contributed by atoms with Crippen LogP contribution in [0.15, 0.2) is 48.5 Å². The van der Waals surface area contributed by atoms with Crippen molar-refractivity contribution < 1.29 is 19.1 Å². The van der Waals surface area contributed by atoms with Gasteiger partial charge in [-0.1, -0.05) is 24.3 Å². The number of carbonyl (C=O) groups is 2. The summed E-state index contributed by atoms with van der Waals surface area (Å²) in [7, 11) is 1.60. The van der Waals surface area contributed by atoms with Crippen molar-refractivity contribution in [3.8, 4) is 11.5 Å². The zero-order valence-corrected chi connectivity index (χ0v) is 13.2. The van der Waals surface area contributed by atoms with Crippen LogP contribution in [0.4, 0.5) is 0 Å². The number of Topliss-reactive ketones (excluding diaryl/α,β-unsaturated/α-hetero) is 1. The van der Waals surface area contributed by atoms with E-state index in [-0.39, 0.29) is 18.3 Å². The highest BCUT2D eigenvalue weighted by atomic mass is 16.5. The summed E-state index contributed by atoms with van der Waals surface area (Å²) in [6.45, 7) is 1.78. The van der Waals surface area contributed by atoms with Crippen LogP contribution >= 0.6 is 0 Å². The summed E-state index contributed by atoms with van der Waals surface area (Å²) in [6, 6.07) is 14.2. The maximum Gasteiger partial charge on any atom is 0.258 e. The van der Waals surface area contributed by atoms with E-state index in [9.17, 15) is 9.59 Å². The molecule has 1 amide bonds. The van der Waals surface area contributed by atoms with Gasteiger partial charge in [0, 0.05) is 12.1 Å². The molecule has 0 spiro atoms. The first-order chi connectivity index (χ1) is 11.1. The first-order valence-electron chi connectivity index (χ1n) is 7.22. The van der Waals surface area contributed by atoms with Crippen LogP contribution in [0.3, 0.4) is 0 Å². The van der Waals surface area contributed by atoms with Crippen LogP contribution in [-0.4, -0.2) is 25.4 Å². The average molecular weight is 313 g/mol. The summed E-state index contributed by atoms with van der Waals surface area (Å²) in [4.78, 5) is 23.1. The lowest BCUT2D eigenvalue weighted by Crippen LogP contribution is -2.28. The van der Waals surface area contributed by atoms with Crippen molar-refractivity contribution in [1.82, 2.24) is 5.32 Å². The van der Waals surface area contributed by atoms with E-state index in [1.54, 1.807) is 31.4 Å². The topological polar surface area (TPSA) is 64.6 Å². The average Bonchev–Trinajstić information content (AvgIpc) is 2.58. The van der Waals surface area contributed by atoms with Crippen LogP contribution < -0.4 is 14.8 Å². The molecule has 0 bridgehead atoms. The Morgan fingerprint density at radius 3 is 2.52 bits per heavy atom. The fourth-order valence-electron chi connectivity index (χ4n) is 1.99. The van der Waals surface area contributed by atoms with Gasteiger partial charge in [0.15, 0.2) is 12.4 Å². The molecular weight excluding hydrogens is 294 g/mol. The molecule has 0 saturated carbocycles. The van der Waals surface area contributed by atoms with Gasteiger partial charge in [0.05, 0.1) is 7.11 Å². The van der Waals surface area contributed by atoms with Gasteiger partial charge >= 0.3 is 0 Å². The van der Waals surface area contributed by atoms with Crippen molar-refractivity contribution >= 4 is 11.7 Å². The van der Waals surface area contributed by atoms with Gasteiger partial charge in [-0.3, -0.25) is 9.59 Å². The number of nitrogens with one attached hydrogen (secondary N) is 1. The van der Waals surface area contributed by atoms with Crippen molar-refractivity contribution in [2.45, 2.75) is 13.5 Å². The van der Waals surface area contributed by atoms with Crippen LogP contribution in [0, 0.1) is 0 Å². The quantitative estimate of drug-likeness (QED) is 0.798. The summed E-state index contributed by atoms with van der Waals surface area (Å²) in [5.41, 5.74) is 1.50. The number of carbonyl (C=O) groups excluding carboxylic acids is 2. The third-order valence-electron chi connectivity index (χ3n) is 3.23. The lowest BCUT2D eigenvalue weighted by molar-refractivity contribution is -0.123. The van der Waals surface area contributed by atoms with Crippen LogP contribution in [-0.2, 0) is 11.3 Å². The molecule has 0 aliphatic heterocycles. The van der Waals surface area contributed by atoms with Crippen LogP contribution in [0.25, 0.3) is 0 Å². The maximum atomic E-state index is 11.8. The summed E-state index contributed by atoms with van der Waals surface area (Å²) in [5, 5.41) is 2.77. The number of hydrogen-bond acceptors (Lipinski definition) is 4. The Morgan fingerprint density at radius 1 is 1.04 bits per heavy atom. The first-order valence-corrected chi connectivity index (χ1v) is 7.22. The summed E-state index contributed by atoms with van der Waals surface area (Å²) in [5.74, 6) is 0.960. The van der Waals surface area contributed by atoms with E-state index in [2.05, 4.69) is 5.32 Å². The van der Waals surface area contributed by atoms with Crippen molar-refractivity contribution in [1.29, 1.82) is 0 Å². The van der Waals surface area contributed by atoms with Gasteiger partial charge in [-0.2, -0.15) is 0 Å². The molecule has 120 valence electrons. The molecule has 5 nitrogen and oxygen atoms in total. The Morgan fingerprint density at radius 2 is 1.78 bits per heavy atom. The van der Waals surface area contributed by atoms with Gasteiger partial charge < -0.3 is 14.8 Å². The zero-order valence-electron chi connectivity index (χ0n) is 13.2. The molecule has 0 aliphatic rings. The van der Waals surface area contributed by atoms with Crippen molar-refractivity contribution in [2.75, 3.05) is 13.7 Å². The normalized spacial score (nSPS) is 10.0. The number of ketones is 1. The van der Waals surface area contributed by atoms with E-state index >= 15 is 0 Å². The molecule has 5 heteroatoms. The van der Waals surface area contributed by atoms with E-state index in [0.29, 0.717) is 17.9 Å². The molecule has 2 aromatic rings. The Kier molecular flexibility index (Phi) is 5.74. The molecular formula is C18H19NO4. The Balaban J connectivity index is 1.83. The standard InChI is InChI=1S/C18H19NO4/c1-13(20)15-6-4-8-17(10-15)23-12-18(21)19-11-14-5-3-7-16(9-14)22-2/h3-10H,11-12H2,1-2H3,(H,19,21). The molecule has 23 heavy (non-hydrogen) atoms. The summed E-state index contributed by atoms with van der Waals surface area (Å²) in [6.07, 6.45) is 0. The molecule has 0 aliphatic carbocycles. The van der Waals surface area contributed by atoms with Gasteiger partial charge in [0.1, 0.15) is 11.5 Å². The van der Waals surface area contributed by atoms with Gasteiger partial charge in [-0.15, -0.1) is 0 Å². The molecule has 0 atom stereocenters. The Labute approximate surface area is 135 Å². The van der Waals surface area contributed by atoms with E-state index in [4.69, 9.17) is 9.47 Å². The monoisotopic (exact) mass is 313 g/mol. The number of ether oxygens (including phenoxy) is 2. The van der Waals surface area contributed by atoms with E-state index in [1.807, 2.05) is 24.3 Å². The first kappa shape index (κ1) is 16.5. The molecule has 0 saturated heterocycles. The molecule has 1 N–H and O–H groups in total. The highest BCUT2D eigenvalue weighted by molar-refractivity contribution is 5.94. The number of benzene rings is 2. The number of amides is 1. The molecule has 0 unspecified atom stereocenters. The molecule has 2 aromatic carbocycles. The molecule has 0 radical (unpaired) electrons. The van der Waals surface area contributed by atoms with E-state index in [1.165, 1.54) is 6.92 Å². The molecule has 0 heterocycles. The Bertz CT molecular complexity index is 697. The second kappa shape index (κ2) is 7.98. The second-order valence-electron chi connectivity index (χ2n) is 5.00. The number of hydrogen-bond donors (Lipinski definition) is 1. The largest absolute Gasteiger partial charge is 0.497 e. The fraction of sp³-hybridized carbons (Fsp3) is 0.222. The third-order valence-corrected chi connectivity index (χ3v) is 3.23. The SMILES string of the molecule is COc1cccc(CNC(=O)COc2cccc(C(C)=O)c2)c1. The van der Waals surface area contributed by atoms with Crippen molar-refractivity contribution in [3.05, 3.63) is 59.7 Å². The zero-order chi connectivity index (χ0) is 16.7. The summed E-state index contributed by atoms with van der Waals surface area (Å²) < 4.78 is 10.5. The third kappa shape index (κ3) is 5.14. The predicted molar refractivity (Wildman–Crippen MR) is 86.8 cm³/mol. The number of rotatable bonds is 7. The maximum absolute atomic E-state index is 11.8. The highest BCUT2D eigenvalue weighted by Gasteiger charge is 2.05. The lowest BCUT2D eigenvalue weighted by atomic mass is 10.1. The van der Waals surface area contributed by atoms with Crippen LogP contribution in [0.2, 0.25) is 0 Å². The molecule has 2 rings (SSSR count). The van der Waals surface area contributed by atoms with Gasteiger partial charge in [-0.05, 0) is 36.8 Å². The number of methoxy groups -OCH3 is 1. The fourth-order valence-corrected chi connectivity index (χ4v) is 1.99. The Hall–Kier alpha value is -2.82. The van der Waals surface area contributed by atoms with Crippen LogP contribution in [0.1, 0.15) is 22.8 Å². The van der Waals surface area contributed by atoms with E-state index < -0.39 is 0 Å². The van der Waals surface area contributed by atoms with Gasteiger partial charge in [0.25, 0.3) is 5.91 Å².